The normalized spacial score (nSPS) is 32.7. The van der Waals surface area contributed by atoms with Gasteiger partial charge in [0, 0.05) is 22.3 Å². The Morgan fingerprint density at radius 3 is 2.41 bits per heavy atom. The molecule has 8 heteroatoms. The minimum absolute atomic E-state index is 0.111. The second-order valence-corrected chi connectivity index (χ2v) is 11.4. The molecule has 0 aromatic heterocycles. The molecule has 182 valence electrons. The van der Waals surface area contributed by atoms with Crippen molar-refractivity contribution in [2.24, 2.45) is 11.8 Å². The number of fused-ring (bicyclic) bond motifs is 1. The van der Waals surface area contributed by atoms with E-state index in [1.807, 2.05) is 32.9 Å². The first-order valence-corrected chi connectivity index (χ1v) is 12.6. The molecule has 1 aromatic rings. The van der Waals surface area contributed by atoms with Gasteiger partial charge in [0.15, 0.2) is 0 Å². The number of likely N-dealkylation sites (tertiary alicyclic amines) is 1. The zero-order chi connectivity index (χ0) is 24.3. The van der Waals surface area contributed by atoms with E-state index in [4.69, 9.17) is 16.3 Å². The summed E-state index contributed by atoms with van der Waals surface area (Å²) in [5.74, 6) is -2.16. The molecule has 0 radical (unpaired) electrons. The number of hydrogen-bond donors (Lipinski definition) is 2. The third kappa shape index (κ3) is 3.73. The summed E-state index contributed by atoms with van der Waals surface area (Å²) in [6.45, 7) is 5.76. The summed E-state index contributed by atoms with van der Waals surface area (Å²) >= 11 is 5.96. The van der Waals surface area contributed by atoms with Crippen LogP contribution in [0, 0.1) is 11.8 Å². The molecular formula is C26H32ClN3O4. The van der Waals surface area contributed by atoms with Crippen LogP contribution in [0.25, 0.3) is 0 Å². The van der Waals surface area contributed by atoms with E-state index < -0.39 is 35.1 Å². The number of rotatable bonds is 4. The van der Waals surface area contributed by atoms with Crippen molar-refractivity contribution in [1.82, 2.24) is 10.2 Å². The van der Waals surface area contributed by atoms with E-state index in [9.17, 15) is 14.4 Å². The lowest BCUT2D eigenvalue weighted by atomic mass is 9.74. The average molecular weight is 486 g/mol. The fourth-order valence-electron chi connectivity index (χ4n) is 6.18. The molecule has 3 fully saturated rings. The van der Waals surface area contributed by atoms with Crippen molar-refractivity contribution in [2.45, 2.75) is 82.2 Å². The first kappa shape index (κ1) is 23.4. The van der Waals surface area contributed by atoms with Gasteiger partial charge in [-0.15, -0.1) is 0 Å². The maximum Gasteiger partial charge on any atom is 0.246 e. The molecule has 2 N–H and O–H groups in total. The molecule has 5 atom stereocenters. The summed E-state index contributed by atoms with van der Waals surface area (Å²) in [7, 11) is 0. The highest BCUT2D eigenvalue weighted by Gasteiger charge is 2.73. The minimum Gasteiger partial charge on any atom is -0.359 e. The lowest BCUT2D eigenvalue weighted by Gasteiger charge is -2.40. The molecule has 0 unspecified atom stereocenters. The van der Waals surface area contributed by atoms with Gasteiger partial charge < -0.3 is 20.3 Å². The Balaban J connectivity index is 1.46. The van der Waals surface area contributed by atoms with E-state index in [1.165, 1.54) is 6.42 Å². The zero-order valence-corrected chi connectivity index (χ0v) is 20.6. The van der Waals surface area contributed by atoms with Crippen molar-refractivity contribution < 1.29 is 19.1 Å². The van der Waals surface area contributed by atoms with Crippen molar-refractivity contribution in [3.63, 3.8) is 0 Å². The van der Waals surface area contributed by atoms with E-state index in [2.05, 4.69) is 10.6 Å². The fourth-order valence-corrected chi connectivity index (χ4v) is 6.30. The number of ether oxygens (including phenoxy) is 1. The van der Waals surface area contributed by atoms with Crippen LogP contribution < -0.4 is 10.6 Å². The Bertz CT molecular complexity index is 1030. The van der Waals surface area contributed by atoms with Gasteiger partial charge in [-0.05, 0) is 57.9 Å². The number of nitrogens with one attached hydrogen (secondary N) is 2. The number of amides is 3. The van der Waals surface area contributed by atoms with Crippen LogP contribution >= 0.6 is 11.6 Å². The maximum atomic E-state index is 13.9. The Labute approximate surface area is 205 Å². The molecule has 4 aliphatic rings. The summed E-state index contributed by atoms with van der Waals surface area (Å²) < 4.78 is 6.38. The summed E-state index contributed by atoms with van der Waals surface area (Å²) in [6, 6.07) is 6.13. The fraction of sp³-hybridized carbons (Fsp3) is 0.577. The molecule has 1 aromatic carbocycles. The van der Waals surface area contributed by atoms with Gasteiger partial charge in [-0.3, -0.25) is 14.4 Å². The van der Waals surface area contributed by atoms with E-state index >= 15 is 0 Å². The Kier molecular flexibility index (Phi) is 5.76. The number of hydrogen-bond acceptors (Lipinski definition) is 4. The van der Waals surface area contributed by atoms with Crippen LogP contribution in [0.5, 0.6) is 0 Å². The third-order valence-electron chi connectivity index (χ3n) is 7.61. The number of nitrogens with zero attached hydrogens (tertiary/aromatic N) is 1. The molecule has 7 nitrogen and oxygen atoms in total. The Hall–Kier alpha value is -2.38. The molecule has 3 amide bonds. The van der Waals surface area contributed by atoms with Crippen molar-refractivity contribution in [3.05, 3.63) is 41.4 Å². The van der Waals surface area contributed by atoms with Gasteiger partial charge in [-0.25, -0.2) is 0 Å². The van der Waals surface area contributed by atoms with E-state index in [0.717, 1.165) is 25.7 Å². The molecule has 3 aliphatic heterocycles. The lowest BCUT2D eigenvalue weighted by molar-refractivity contribution is -0.146. The largest absolute Gasteiger partial charge is 0.359 e. The smallest absolute Gasteiger partial charge is 0.246 e. The molecule has 1 saturated carbocycles. The van der Waals surface area contributed by atoms with Crippen LogP contribution in [0.15, 0.2) is 36.4 Å². The molecule has 34 heavy (non-hydrogen) atoms. The van der Waals surface area contributed by atoms with Crippen molar-refractivity contribution in [1.29, 1.82) is 0 Å². The highest BCUT2D eigenvalue weighted by Crippen LogP contribution is 2.56. The second kappa shape index (κ2) is 8.38. The predicted octanol–water partition coefficient (Wildman–Crippen LogP) is 3.68. The van der Waals surface area contributed by atoms with Gasteiger partial charge in [0.05, 0.1) is 17.9 Å². The van der Waals surface area contributed by atoms with Crippen LogP contribution in [0.1, 0.15) is 52.9 Å². The molecule has 5 rings (SSSR count). The van der Waals surface area contributed by atoms with E-state index in [-0.39, 0.29) is 23.8 Å². The first-order chi connectivity index (χ1) is 16.1. The highest BCUT2D eigenvalue weighted by atomic mass is 35.5. The van der Waals surface area contributed by atoms with Crippen LogP contribution in [-0.4, -0.2) is 51.9 Å². The summed E-state index contributed by atoms with van der Waals surface area (Å²) in [5, 5.41) is 6.68. The van der Waals surface area contributed by atoms with Gasteiger partial charge in [0.2, 0.25) is 17.7 Å². The van der Waals surface area contributed by atoms with Crippen LogP contribution in [-0.2, 0) is 19.1 Å². The van der Waals surface area contributed by atoms with Crippen LogP contribution in [0.2, 0.25) is 5.02 Å². The van der Waals surface area contributed by atoms with Crippen LogP contribution in [0.3, 0.4) is 0 Å². The van der Waals surface area contributed by atoms with Crippen molar-refractivity contribution >= 4 is 35.0 Å². The summed E-state index contributed by atoms with van der Waals surface area (Å²) in [4.78, 5) is 42.6. The van der Waals surface area contributed by atoms with E-state index in [0.29, 0.717) is 10.7 Å². The zero-order valence-electron chi connectivity index (χ0n) is 19.8. The van der Waals surface area contributed by atoms with Crippen molar-refractivity contribution in [3.8, 4) is 0 Å². The third-order valence-corrected chi connectivity index (χ3v) is 7.86. The number of carbonyl (C=O) groups is 3. The Morgan fingerprint density at radius 1 is 1.09 bits per heavy atom. The minimum atomic E-state index is -1.14. The lowest BCUT2D eigenvalue weighted by Crippen LogP contribution is -2.60. The first-order valence-electron chi connectivity index (χ1n) is 12.2. The predicted molar refractivity (Wildman–Crippen MR) is 129 cm³/mol. The van der Waals surface area contributed by atoms with E-state index in [1.54, 1.807) is 29.2 Å². The van der Waals surface area contributed by atoms with Gasteiger partial charge in [-0.2, -0.15) is 0 Å². The van der Waals surface area contributed by atoms with Crippen LogP contribution in [0.4, 0.5) is 5.69 Å². The van der Waals surface area contributed by atoms with Gasteiger partial charge in [0.25, 0.3) is 0 Å². The van der Waals surface area contributed by atoms with Gasteiger partial charge in [0.1, 0.15) is 11.6 Å². The number of anilines is 1. The monoisotopic (exact) mass is 485 g/mol. The molecule has 2 bridgehead atoms. The SMILES string of the molecule is CC(C)(C)N1C(=O)[C@H]2[C@H](C(=O)Nc3ccc(Cl)cc3)[C@H]3C=C[C@@]2(O3)[C@@H]1C(=O)NC1CCCCC1. The standard InChI is InChI=1S/C26H32ClN3O4/c1-25(2,3)30-21(23(32)29-16-7-5-4-6-8-16)26-14-13-18(34-26)19(20(26)24(30)33)22(31)28-17-11-9-15(27)10-12-17/h9-14,16,18-21H,4-8H2,1-3H3,(H,28,31)(H,29,32)/t18-,19-,20-,21+,26+/m1/s1. The number of halogens is 1. The summed E-state index contributed by atoms with van der Waals surface area (Å²) in [6.07, 6.45) is 8.41. The molecule has 3 heterocycles. The van der Waals surface area contributed by atoms with Gasteiger partial charge >= 0.3 is 0 Å². The highest BCUT2D eigenvalue weighted by molar-refractivity contribution is 6.30. The molecule has 2 saturated heterocycles. The topological polar surface area (TPSA) is 87.7 Å². The number of benzene rings is 1. The van der Waals surface area contributed by atoms with Gasteiger partial charge in [-0.1, -0.05) is 43.0 Å². The number of carbonyl (C=O) groups excluding carboxylic acids is 3. The van der Waals surface area contributed by atoms with Crippen molar-refractivity contribution in [2.75, 3.05) is 5.32 Å². The second-order valence-electron chi connectivity index (χ2n) is 10.9. The Morgan fingerprint density at radius 2 is 1.76 bits per heavy atom. The molecule has 1 spiro atoms. The average Bonchev–Trinajstić information content (AvgIpc) is 3.43. The molecular weight excluding hydrogens is 454 g/mol. The maximum absolute atomic E-state index is 13.9. The quantitative estimate of drug-likeness (QED) is 0.637. The molecule has 1 aliphatic carbocycles. The summed E-state index contributed by atoms with van der Waals surface area (Å²) in [5.41, 5.74) is -1.16.